The van der Waals surface area contributed by atoms with Crippen molar-refractivity contribution >= 4 is 0 Å². The Bertz CT molecular complexity index is 472. The van der Waals surface area contributed by atoms with Crippen LogP contribution in [-0.2, 0) is 13.0 Å². The second-order valence-corrected chi connectivity index (χ2v) is 7.45. The Labute approximate surface area is 129 Å². The largest absolute Gasteiger partial charge is 0.329 e. The molecule has 0 radical (unpaired) electrons. The van der Waals surface area contributed by atoms with E-state index in [1.54, 1.807) is 0 Å². The Morgan fingerprint density at radius 3 is 2.48 bits per heavy atom. The van der Waals surface area contributed by atoms with Crippen LogP contribution in [0.25, 0.3) is 0 Å². The van der Waals surface area contributed by atoms with Crippen LogP contribution < -0.4 is 5.73 Å². The molecule has 2 heteroatoms. The average Bonchev–Trinajstić information content (AvgIpc) is 2.54. The number of fused-ring (bicyclic) bond motifs is 1. The Morgan fingerprint density at radius 2 is 1.86 bits per heavy atom. The van der Waals surface area contributed by atoms with E-state index in [-0.39, 0.29) is 5.54 Å². The van der Waals surface area contributed by atoms with Gasteiger partial charge in [-0.3, -0.25) is 4.90 Å². The molecule has 116 valence electrons. The Hall–Kier alpha value is -0.860. The smallest absolute Gasteiger partial charge is 0.0335 e. The maximum absolute atomic E-state index is 6.27. The summed E-state index contributed by atoms with van der Waals surface area (Å²) in [5.41, 5.74) is 9.59. The van der Waals surface area contributed by atoms with Gasteiger partial charge >= 0.3 is 0 Å². The highest BCUT2D eigenvalue weighted by Crippen LogP contribution is 2.40. The maximum atomic E-state index is 6.27. The van der Waals surface area contributed by atoms with Crippen LogP contribution in [0, 0.1) is 11.8 Å². The minimum Gasteiger partial charge on any atom is -0.329 e. The van der Waals surface area contributed by atoms with E-state index >= 15 is 0 Å². The average molecular weight is 286 g/mol. The summed E-state index contributed by atoms with van der Waals surface area (Å²) in [5.74, 6) is 1.73. The first kappa shape index (κ1) is 15.1. The van der Waals surface area contributed by atoms with E-state index in [0.29, 0.717) is 0 Å². The van der Waals surface area contributed by atoms with Crippen LogP contribution in [0.3, 0.4) is 0 Å². The molecule has 1 aliphatic heterocycles. The van der Waals surface area contributed by atoms with Gasteiger partial charge in [0.15, 0.2) is 0 Å². The first-order valence-electron chi connectivity index (χ1n) is 8.66. The Morgan fingerprint density at radius 1 is 1.19 bits per heavy atom. The lowest BCUT2D eigenvalue weighted by Gasteiger charge is -2.50. The molecule has 0 bridgehead atoms. The van der Waals surface area contributed by atoms with Crippen molar-refractivity contribution in [3.63, 3.8) is 0 Å². The highest BCUT2D eigenvalue weighted by Gasteiger charge is 2.40. The molecule has 2 N–H and O–H groups in total. The molecule has 1 fully saturated rings. The summed E-state index contributed by atoms with van der Waals surface area (Å²) in [4.78, 5) is 2.70. The number of hydrogen-bond donors (Lipinski definition) is 1. The fraction of sp³-hybridized carbons (Fsp3) is 0.684. The molecule has 0 saturated heterocycles. The molecule has 1 saturated carbocycles. The zero-order chi connectivity index (χ0) is 14.9. The first-order chi connectivity index (χ1) is 10.1. The molecule has 2 aliphatic rings. The lowest BCUT2D eigenvalue weighted by molar-refractivity contribution is 0.0244. The third-order valence-electron chi connectivity index (χ3n) is 6.09. The van der Waals surface area contributed by atoms with E-state index in [9.17, 15) is 0 Å². The van der Waals surface area contributed by atoms with Crippen molar-refractivity contribution in [1.82, 2.24) is 4.90 Å². The topological polar surface area (TPSA) is 29.3 Å². The number of nitrogens with zero attached hydrogens (tertiary/aromatic N) is 1. The molecule has 0 amide bonds. The van der Waals surface area contributed by atoms with Crippen molar-refractivity contribution in [3.8, 4) is 0 Å². The van der Waals surface area contributed by atoms with E-state index in [4.69, 9.17) is 5.73 Å². The van der Waals surface area contributed by atoms with E-state index in [1.165, 1.54) is 49.8 Å². The minimum absolute atomic E-state index is 0.263. The van der Waals surface area contributed by atoms with E-state index in [0.717, 1.165) is 24.9 Å². The summed E-state index contributed by atoms with van der Waals surface area (Å²) < 4.78 is 0. The van der Waals surface area contributed by atoms with Gasteiger partial charge in [0.1, 0.15) is 0 Å². The molecule has 21 heavy (non-hydrogen) atoms. The van der Waals surface area contributed by atoms with Crippen LogP contribution in [0.1, 0.15) is 50.7 Å². The molecule has 1 heterocycles. The second-order valence-electron chi connectivity index (χ2n) is 7.45. The molecular formula is C19H30N2. The van der Waals surface area contributed by atoms with Crippen molar-refractivity contribution in [2.45, 2.75) is 58.0 Å². The predicted octanol–water partition coefficient (Wildman–Crippen LogP) is 3.59. The normalized spacial score (nSPS) is 30.4. The molecule has 0 unspecified atom stereocenters. The van der Waals surface area contributed by atoms with Crippen molar-refractivity contribution in [2.24, 2.45) is 17.6 Å². The molecule has 1 aromatic rings. The molecule has 1 aliphatic carbocycles. The van der Waals surface area contributed by atoms with Crippen molar-refractivity contribution in [2.75, 3.05) is 13.1 Å². The first-order valence-corrected chi connectivity index (χ1v) is 8.66. The third-order valence-corrected chi connectivity index (χ3v) is 6.09. The van der Waals surface area contributed by atoms with Gasteiger partial charge in [-0.25, -0.2) is 0 Å². The highest BCUT2D eigenvalue weighted by atomic mass is 15.2. The van der Waals surface area contributed by atoms with Crippen LogP contribution in [0.4, 0.5) is 0 Å². The fourth-order valence-corrected chi connectivity index (χ4v) is 4.39. The predicted molar refractivity (Wildman–Crippen MR) is 89.1 cm³/mol. The third kappa shape index (κ3) is 2.89. The summed E-state index contributed by atoms with van der Waals surface area (Å²) >= 11 is 0. The Balaban J connectivity index is 1.73. The molecule has 0 atom stereocenters. The quantitative estimate of drug-likeness (QED) is 0.920. The lowest BCUT2D eigenvalue weighted by atomic mass is 9.71. The van der Waals surface area contributed by atoms with Gasteiger partial charge in [0.05, 0.1) is 0 Å². The zero-order valence-electron chi connectivity index (χ0n) is 13.6. The SMILES string of the molecule is CC(C)C1CCC(CN)(N2CCc3ccccc3C2)CC1. The van der Waals surface area contributed by atoms with Crippen molar-refractivity contribution < 1.29 is 0 Å². The summed E-state index contributed by atoms with van der Waals surface area (Å²) in [6.07, 6.45) is 6.47. The summed E-state index contributed by atoms with van der Waals surface area (Å²) in [6.45, 7) is 7.84. The lowest BCUT2D eigenvalue weighted by Crippen LogP contribution is -2.57. The van der Waals surface area contributed by atoms with Crippen LogP contribution >= 0.6 is 0 Å². The van der Waals surface area contributed by atoms with Gasteiger partial charge in [-0.1, -0.05) is 38.1 Å². The maximum Gasteiger partial charge on any atom is 0.0335 e. The van der Waals surface area contributed by atoms with Crippen molar-refractivity contribution in [1.29, 1.82) is 0 Å². The fourth-order valence-electron chi connectivity index (χ4n) is 4.39. The number of benzene rings is 1. The molecule has 0 spiro atoms. The van der Waals surface area contributed by atoms with E-state index < -0.39 is 0 Å². The second kappa shape index (κ2) is 6.10. The Kier molecular flexibility index (Phi) is 4.37. The molecule has 3 rings (SSSR count). The monoisotopic (exact) mass is 286 g/mol. The number of hydrogen-bond acceptors (Lipinski definition) is 2. The summed E-state index contributed by atoms with van der Waals surface area (Å²) in [5, 5.41) is 0. The molecular weight excluding hydrogens is 256 g/mol. The zero-order valence-corrected chi connectivity index (χ0v) is 13.6. The minimum atomic E-state index is 0.263. The van der Waals surface area contributed by atoms with Crippen LogP contribution in [0.5, 0.6) is 0 Å². The van der Waals surface area contributed by atoms with Crippen LogP contribution in [-0.4, -0.2) is 23.5 Å². The van der Waals surface area contributed by atoms with E-state index in [1.807, 2.05) is 0 Å². The molecule has 2 nitrogen and oxygen atoms in total. The van der Waals surface area contributed by atoms with Gasteiger partial charge in [-0.05, 0) is 55.1 Å². The highest BCUT2D eigenvalue weighted by molar-refractivity contribution is 5.29. The van der Waals surface area contributed by atoms with Gasteiger partial charge < -0.3 is 5.73 Å². The van der Waals surface area contributed by atoms with Crippen LogP contribution in [0.2, 0.25) is 0 Å². The summed E-state index contributed by atoms with van der Waals surface area (Å²) in [7, 11) is 0. The molecule has 0 aromatic heterocycles. The standard InChI is InChI=1S/C19H30N2/c1-15(2)16-7-10-19(14-20,11-8-16)21-12-9-17-5-3-4-6-18(17)13-21/h3-6,15-16H,7-14,20H2,1-2H3. The van der Waals surface area contributed by atoms with Gasteiger partial charge in [-0.2, -0.15) is 0 Å². The van der Waals surface area contributed by atoms with Crippen molar-refractivity contribution in [3.05, 3.63) is 35.4 Å². The number of rotatable bonds is 3. The van der Waals surface area contributed by atoms with Gasteiger partial charge in [0, 0.05) is 25.2 Å². The summed E-state index contributed by atoms with van der Waals surface area (Å²) in [6, 6.07) is 8.93. The van der Waals surface area contributed by atoms with E-state index in [2.05, 4.69) is 43.0 Å². The van der Waals surface area contributed by atoms with Gasteiger partial charge in [-0.15, -0.1) is 0 Å². The molecule has 1 aromatic carbocycles. The van der Waals surface area contributed by atoms with Gasteiger partial charge in [0.2, 0.25) is 0 Å². The van der Waals surface area contributed by atoms with Gasteiger partial charge in [0.25, 0.3) is 0 Å². The van der Waals surface area contributed by atoms with Crippen LogP contribution in [0.15, 0.2) is 24.3 Å². The number of nitrogens with two attached hydrogens (primary N) is 1.